The van der Waals surface area contributed by atoms with Crippen molar-refractivity contribution in [1.82, 2.24) is 10.6 Å². The van der Waals surface area contributed by atoms with Crippen molar-refractivity contribution in [2.75, 3.05) is 26.3 Å². The van der Waals surface area contributed by atoms with Gasteiger partial charge in [-0.1, -0.05) is 19.9 Å². The third-order valence-electron chi connectivity index (χ3n) is 3.25. The third-order valence-corrected chi connectivity index (χ3v) is 3.25. The molecule has 0 amide bonds. The van der Waals surface area contributed by atoms with Crippen LogP contribution in [0.3, 0.4) is 0 Å². The van der Waals surface area contributed by atoms with Crippen molar-refractivity contribution in [1.29, 1.82) is 0 Å². The molecule has 0 unspecified atom stereocenters. The molecule has 0 spiro atoms. The van der Waals surface area contributed by atoms with E-state index in [4.69, 9.17) is 9.84 Å². The number of ether oxygens (including phenoxy) is 1. The Morgan fingerprint density at radius 3 is 2.72 bits per heavy atom. The van der Waals surface area contributed by atoms with Crippen molar-refractivity contribution in [2.24, 2.45) is 10.9 Å². The van der Waals surface area contributed by atoms with Crippen LogP contribution in [0.25, 0.3) is 0 Å². The van der Waals surface area contributed by atoms with Gasteiger partial charge in [0.05, 0.1) is 13.2 Å². The number of aliphatic hydroxyl groups excluding tert-OH is 1. The van der Waals surface area contributed by atoms with E-state index < -0.39 is 5.82 Å². The summed E-state index contributed by atoms with van der Waals surface area (Å²) in [5, 5.41) is 15.5. The molecule has 0 aliphatic carbocycles. The number of hydrogen-bond donors (Lipinski definition) is 3. The van der Waals surface area contributed by atoms with Crippen LogP contribution in [-0.4, -0.2) is 37.4 Å². The number of nitrogens with zero attached hydrogens (tertiary/aromatic N) is 1. The Balaban J connectivity index is 0.00000576. The molecule has 0 aliphatic heterocycles. The molecule has 1 aromatic rings. The number of aliphatic imine (C=N–C) groups is 1. The van der Waals surface area contributed by atoms with Gasteiger partial charge in [0.15, 0.2) is 5.96 Å². The number of guanidine groups is 1. The van der Waals surface area contributed by atoms with E-state index in [-0.39, 0.29) is 30.6 Å². The highest BCUT2D eigenvalue weighted by molar-refractivity contribution is 14.0. The van der Waals surface area contributed by atoms with Crippen LogP contribution in [0.15, 0.2) is 23.2 Å². The molecule has 0 radical (unpaired) electrons. The third kappa shape index (κ3) is 10.6. The molecule has 5 nitrogen and oxygen atoms in total. The molecule has 144 valence electrons. The van der Waals surface area contributed by atoms with Gasteiger partial charge in [-0.15, -0.1) is 24.0 Å². The number of halogens is 2. The molecular weight excluding hydrogens is 436 g/mol. The first-order valence-corrected chi connectivity index (χ1v) is 8.54. The maximum absolute atomic E-state index is 13.4. The van der Waals surface area contributed by atoms with Crippen LogP contribution in [0, 0.1) is 11.7 Å². The van der Waals surface area contributed by atoms with Gasteiger partial charge < -0.3 is 20.5 Å². The number of hydrogen-bond acceptors (Lipinski definition) is 3. The fourth-order valence-corrected chi connectivity index (χ4v) is 2.06. The Morgan fingerprint density at radius 2 is 2.08 bits per heavy atom. The van der Waals surface area contributed by atoms with E-state index >= 15 is 0 Å². The van der Waals surface area contributed by atoms with Gasteiger partial charge in [-0.25, -0.2) is 9.38 Å². The number of rotatable bonds is 10. The van der Waals surface area contributed by atoms with E-state index in [2.05, 4.69) is 29.5 Å². The van der Waals surface area contributed by atoms with E-state index in [0.717, 1.165) is 44.2 Å². The van der Waals surface area contributed by atoms with Crippen molar-refractivity contribution in [3.63, 3.8) is 0 Å². The molecule has 0 aromatic heterocycles. The Bertz CT molecular complexity index is 513. The summed E-state index contributed by atoms with van der Waals surface area (Å²) in [5.41, 5.74) is 1.15. The lowest BCUT2D eigenvalue weighted by Crippen LogP contribution is -2.38. The summed E-state index contributed by atoms with van der Waals surface area (Å²) in [6, 6.07) is 4.69. The summed E-state index contributed by atoms with van der Waals surface area (Å²) >= 11 is 0. The molecule has 25 heavy (non-hydrogen) atoms. The smallest absolute Gasteiger partial charge is 0.191 e. The monoisotopic (exact) mass is 467 g/mol. The zero-order valence-corrected chi connectivity index (χ0v) is 17.7. The predicted molar refractivity (Wildman–Crippen MR) is 111 cm³/mol. The van der Waals surface area contributed by atoms with Gasteiger partial charge in [0.25, 0.3) is 0 Å². The lowest BCUT2D eigenvalue weighted by atomic mass is 10.1. The number of benzene rings is 1. The second kappa shape index (κ2) is 14.3. The molecule has 1 rings (SSSR count). The molecule has 0 bridgehead atoms. The fourth-order valence-electron chi connectivity index (χ4n) is 2.06. The summed E-state index contributed by atoms with van der Waals surface area (Å²) in [6.07, 6.45) is 0.905. The maximum atomic E-state index is 13.4. The minimum atomic E-state index is -0.392. The maximum Gasteiger partial charge on any atom is 0.191 e. The molecule has 1 aromatic carbocycles. The fraction of sp³-hybridized carbons (Fsp3) is 0.611. The van der Waals surface area contributed by atoms with Gasteiger partial charge >= 0.3 is 0 Å². The average Bonchev–Trinajstić information content (AvgIpc) is 2.56. The van der Waals surface area contributed by atoms with Crippen LogP contribution in [0.1, 0.15) is 38.3 Å². The molecule has 7 heteroatoms. The second-order valence-corrected chi connectivity index (χ2v) is 6.03. The normalized spacial score (nSPS) is 11.4. The van der Waals surface area contributed by atoms with Crippen LogP contribution >= 0.6 is 24.0 Å². The quantitative estimate of drug-likeness (QED) is 0.214. The van der Waals surface area contributed by atoms with Crippen LogP contribution in [-0.2, 0) is 17.9 Å². The molecule has 0 heterocycles. The lowest BCUT2D eigenvalue weighted by Gasteiger charge is -2.12. The lowest BCUT2D eigenvalue weighted by molar-refractivity contribution is 0.108. The van der Waals surface area contributed by atoms with E-state index in [1.165, 1.54) is 6.07 Å². The summed E-state index contributed by atoms with van der Waals surface area (Å²) in [4.78, 5) is 4.48. The largest absolute Gasteiger partial charge is 0.392 e. The Hall–Kier alpha value is -0.930. The van der Waals surface area contributed by atoms with Gasteiger partial charge in [-0.2, -0.15) is 0 Å². The highest BCUT2D eigenvalue weighted by Crippen LogP contribution is 2.11. The summed E-state index contributed by atoms with van der Waals surface area (Å²) in [7, 11) is 0. The van der Waals surface area contributed by atoms with E-state index in [1.807, 2.05) is 6.92 Å². The first kappa shape index (κ1) is 24.1. The van der Waals surface area contributed by atoms with Gasteiger partial charge in [0.2, 0.25) is 0 Å². The van der Waals surface area contributed by atoms with Crippen LogP contribution in [0.4, 0.5) is 4.39 Å². The second-order valence-electron chi connectivity index (χ2n) is 6.03. The molecule has 3 N–H and O–H groups in total. The van der Waals surface area contributed by atoms with Crippen molar-refractivity contribution < 1.29 is 14.2 Å². The molecule has 0 saturated heterocycles. The van der Waals surface area contributed by atoms with Crippen LogP contribution < -0.4 is 10.6 Å². The zero-order valence-electron chi connectivity index (χ0n) is 15.3. The molecule has 0 fully saturated rings. The van der Waals surface area contributed by atoms with Gasteiger partial charge in [0.1, 0.15) is 5.82 Å². The summed E-state index contributed by atoms with van der Waals surface area (Å²) in [6.45, 7) is 9.43. The number of aliphatic hydroxyl groups is 1. The van der Waals surface area contributed by atoms with Gasteiger partial charge in [-0.05, 0) is 37.0 Å². The van der Waals surface area contributed by atoms with E-state index in [9.17, 15) is 4.39 Å². The summed E-state index contributed by atoms with van der Waals surface area (Å²) < 4.78 is 18.9. The molecule has 0 atom stereocenters. The highest BCUT2D eigenvalue weighted by Gasteiger charge is 2.03. The predicted octanol–water partition coefficient (Wildman–Crippen LogP) is 3.05. The zero-order chi connectivity index (χ0) is 17.8. The molecular formula is C18H31FIN3O2. The first-order valence-electron chi connectivity index (χ1n) is 8.54. The first-order chi connectivity index (χ1) is 11.6. The Labute approximate surface area is 167 Å². The van der Waals surface area contributed by atoms with E-state index in [0.29, 0.717) is 18.0 Å². The van der Waals surface area contributed by atoms with Gasteiger partial charge in [-0.3, -0.25) is 0 Å². The van der Waals surface area contributed by atoms with Crippen molar-refractivity contribution in [3.8, 4) is 0 Å². The van der Waals surface area contributed by atoms with Crippen LogP contribution in [0.2, 0.25) is 0 Å². The summed E-state index contributed by atoms with van der Waals surface area (Å²) in [5.74, 6) is 0.879. The average molecular weight is 467 g/mol. The molecule has 0 saturated carbocycles. The Morgan fingerprint density at radius 1 is 1.32 bits per heavy atom. The highest BCUT2D eigenvalue weighted by atomic mass is 127. The molecule has 0 aliphatic rings. The van der Waals surface area contributed by atoms with Crippen molar-refractivity contribution in [3.05, 3.63) is 35.1 Å². The SMILES string of the molecule is CCNC(=NCc1ccc(F)c(CO)c1)NCCCOCC(C)C.I. The van der Waals surface area contributed by atoms with Crippen LogP contribution in [0.5, 0.6) is 0 Å². The Kier molecular flexibility index (Phi) is 13.7. The number of nitrogens with one attached hydrogen (secondary N) is 2. The van der Waals surface area contributed by atoms with Crippen molar-refractivity contribution in [2.45, 2.75) is 40.3 Å². The topological polar surface area (TPSA) is 65.9 Å². The minimum absolute atomic E-state index is 0. The van der Waals surface area contributed by atoms with Gasteiger partial charge in [0, 0.05) is 31.9 Å². The van der Waals surface area contributed by atoms with Crippen molar-refractivity contribution >= 4 is 29.9 Å². The minimum Gasteiger partial charge on any atom is -0.392 e. The van der Waals surface area contributed by atoms with E-state index in [1.54, 1.807) is 12.1 Å². The standard InChI is InChI=1S/C18H30FN3O2.HI/c1-4-20-18(21-8-5-9-24-13-14(2)3)22-11-15-6-7-17(19)16(10-15)12-23;/h6-7,10,14,23H,4-5,8-9,11-13H2,1-3H3,(H2,20,21,22);1H.